The van der Waals surface area contributed by atoms with Gasteiger partial charge in [-0.15, -0.1) is 0 Å². The van der Waals surface area contributed by atoms with E-state index in [4.69, 9.17) is 25.8 Å². The fraction of sp³-hybridized carbons (Fsp3) is 0.357. The number of nitrogens with one attached hydrogen (secondary N) is 1. The highest BCUT2D eigenvalue weighted by atomic mass is 35.5. The standard InChI is InChI=1S/C28H32ClN5O3/c1-35-26-18-27(36-2)32-28(31-26)37-23-9-7-22(8-10-23)34-15-13-33(14-16-34)12-4-3-5-20-19-30-25-11-6-21(29)17-24(20)25/h6-11,17-19,30H,3-5,12-16H2,1-2H3. The largest absolute Gasteiger partial charge is 0.481 e. The maximum Gasteiger partial charge on any atom is 0.328 e. The van der Waals surface area contributed by atoms with Crippen LogP contribution in [0.3, 0.4) is 0 Å². The molecule has 4 aromatic rings. The van der Waals surface area contributed by atoms with Crippen LogP contribution in [0.4, 0.5) is 5.69 Å². The van der Waals surface area contributed by atoms with Crippen LogP contribution in [0.5, 0.6) is 23.5 Å². The predicted molar refractivity (Wildman–Crippen MR) is 147 cm³/mol. The second-order valence-corrected chi connectivity index (χ2v) is 9.56. The zero-order valence-corrected chi connectivity index (χ0v) is 22.0. The maximum absolute atomic E-state index is 6.18. The van der Waals surface area contributed by atoms with E-state index in [2.05, 4.69) is 49.1 Å². The second-order valence-electron chi connectivity index (χ2n) is 9.12. The third kappa shape index (κ3) is 6.26. The Bertz CT molecular complexity index is 1300. The number of fused-ring (bicyclic) bond motifs is 1. The molecule has 1 aliphatic rings. The molecule has 8 nitrogen and oxygen atoms in total. The van der Waals surface area contributed by atoms with Crippen molar-refractivity contribution in [2.75, 3.05) is 51.8 Å². The highest BCUT2D eigenvalue weighted by Gasteiger charge is 2.17. The van der Waals surface area contributed by atoms with Crippen LogP contribution in [0.2, 0.25) is 5.02 Å². The molecule has 1 N–H and O–H groups in total. The fourth-order valence-corrected chi connectivity index (χ4v) is 4.88. The van der Waals surface area contributed by atoms with E-state index in [0.717, 1.165) is 49.7 Å². The lowest BCUT2D eigenvalue weighted by molar-refractivity contribution is 0.253. The normalized spacial score (nSPS) is 14.2. The molecule has 1 saturated heterocycles. The van der Waals surface area contributed by atoms with Crippen molar-refractivity contribution in [3.05, 3.63) is 65.3 Å². The molecule has 1 aliphatic heterocycles. The summed E-state index contributed by atoms with van der Waals surface area (Å²) in [6.45, 7) is 5.29. The molecule has 5 rings (SSSR count). The quantitative estimate of drug-likeness (QED) is 0.273. The number of rotatable bonds is 10. The molecule has 0 aliphatic carbocycles. The Labute approximate surface area is 222 Å². The number of halogens is 1. The van der Waals surface area contributed by atoms with Crippen molar-refractivity contribution in [2.45, 2.75) is 19.3 Å². The van der Waals surface area contributed by atoms with E-state index >= 15 is 0 Å². The van der Waals surface area contributed by atoms with Gasteiger partial charge in [-0.25, -0.2) is 0 Å². The van der Waals surface area contributed by atoms with Gasteiger partial charge in [-0.1, -0.05) is 11.6 Å². The maximum atomic E-state index is 6.18. The molecule has 2 aromatic heterocycles. The van der Waals surface area contributed by atoms with Gasteiger partial charge < -0.3 is 24.1 Å². The third-order valence-electron chi connectivity index (χ3n) is 6.76. The fourth-order valence-electron chi connectivity index (χ4n) is 4.71. The zero-order chi connectivity index (χ0) is 25.6. The van der Waals surface area contributed by atoms with Crippen molar-refractivity contribution in [2.24, 2.45) is 0 Å². The van der Waals surface area contributed by atoms with Gasteiger partial charge in [0.1, 0.15) is 5.75 Å². The topological polar surface area (TPSA) is 75.7 Å². The summed E-state index contributed by atoms with van der Waals surface area (Å²) in [6.07, 6.45) is 5.55. The lowest BCUT2D eigenvalue weighted by Crippen LogP contribution is -2.46. The van der Waals surface area contributed by atoms with Gasteiger partial charge in [-0.3, -0.25) is 4.90 Å². The number of aryl methyl sites for hydroxylation is 1. The number of nitrogens with zero attached hydrogens (tertiary/aromatic N) is 4. The van der Waals surface area contributed by atoms with Crippen LogP contribution >= 0.6 is 11.6 Å². The molecule has 9 heteroatoms. The highest BCUT2D eigenvalue weighted by molar-refractivity contribution is 6.31. The Hall–Kier alpha value is -3.49. The van der Waals surface area contributed by atoms with Gasteiger partial charge in [0.2, 0.25) is 11.8 Å². The summed E-state index contributed by atoms with van der Waals surface area (Å²) in [5.74, 6) is 1.44. The molecule has 0 atom stereocenters. The monoisotopic (exact) mass is 521 g/mol. The lowest BCUT2D eigenvalue weighted by atomic mass is 10.1. The van der Waals surface area contributed by atoms with E-state index in [1.54, 1.807) is 20.3 Å². The molecule has 0 spiro atoms. The van der Waals surface area contributed by atoms with Gasteiger partial charge in [-0.05, 0) is 73.8 Å². The van der Waals surface area contributed by atoms with E-state index in [1.165, 1.54) is 29.5 Å². The number of H-pyrrole nitrogens is 1. The van der Waals surface area contributed by atoms with Crippen molar-refractivity contribution in [1.29, 1.82) is 0 Å². The SMILES string of the molecule is COc1cc(OC)nc(Oc2ccc(N3CCN(CCCCc4c[nH]c5ccc(Cl)cc45)CC3)cc2)n1. The summed E-state index contributed by atoms with van der Waals surface area (Å²) in [5.41, 5.74) is 3.70. The highest BCUT2D eigenvalue weighted by Crippen LogP contribution is 2.27. The zero-order valence-electron chi connectivity index (χ0n) is 21.2. The van der Waals surface area contributed by atoms with E-state index < -0.39 is 0 Å². The molecule has 2 aromatic carbocycles. The Morgan fingerprint density at radius 3 is 2.32 bits per heavy atom. The number of anilines is 1. The first-order valence-corrected chi connectivity index (χ1v) is 13.0. The summed E-state index contributed by atoms with van der Waals surface area (Å²) in [7, 11) is 3.09. The average molecular weight is 522 g/mol. The average Bonchev–Trinajstić information content (AvgIpc) is 3.33. The van der Waals surface area contributed by atoms with Gasteiger partial charge in [0.15, 0.2) is 0 Å². The predicted octanol–water partition coefficient (Wildman–Crippen LogP) is 5.57. The Kier molecular flexibility index (Phi) is 7.96. The van der Waals surface area contributed by atoms with Crippen LogP contribution in [0, 0.1) is 0 Å². The van der Waals surface area contributed by atoms with Crippen LogP contribution in [0.15, 0.2) is 54.7 Å². The minimum absolute atomic E-state index is 0.186. The number of hydrogen-bond acceptors (Lipinski definition) is 7. The number of hydrogen-bond donors (Lipinski definition) is 1. The van der Waals surface area contributed by atoms with Gasteiger partial charge in [0.25, 0.3) is 0 Å². The third-order valence-corrected chi connectivity index (χ3v) is 7.00. The van der Waals surface area contributed by atoms with Crippen molar-refractivity contribution >= 4 is 28.2 Å². The number of benzene rings is 2. The van der Waals surface area contributed by atoms with Gasteiger partial charge in [0.05, 0.1) is 20.3 Å². The molecule has 0 amide bonds. The number of unbranched alkanes of at least 4 members (excludes halogenated alkanes) is 1. The molecule has 37 heavy (non-hydrogen) atoms. The molecule has 1 fully saturated rings. The van der Waals surface area contributed by atoms with Crippen molar-refractivity contribution in [3.63, 3.8) is 0 Å². The van der Waals surface area contributed by atoms with Crippen LogP contribution < -0.4 is 19.1 Å². The number of ether oxygens (including phenoxy) is 3. The summed E-state index contributed by atoms with van der Waals surface area (Å²) in [4.78, 5) is 16.8. The molecule has 0 saturated carbocycles. The molecular weight excluding hydrogens is 490 g/mol. The van der Waals surface area contributed by atoms with E-state index in [1.807, 2.05) is 24.3 Å². The summed E-state index contributed by atoms with van der Waals surface area (Å²) in [6, 6.07) is 15.9. The summed E-state index contributed by atoms with van der Waals surface area (Å²) in [5, 5.41) is 2.04. The number of aromatic amines is 1. The summed E-state index contributed by atoms with van der Waals surface area (Å²) >= 11 is 6.18. The van der Waals surface area contributed by atoms with Crippen LogP contribution in [0.25, 0.3) is 10.9 Å². The molecule has 3 heterocycles. The van der Waals surface area contributed by atoms with Crippen LogP contribution in [-0.2, 0) is 6.42 Å². The first-order valence-electron chi connectivity index (χ1n) is 12.6. The second kappa shape index (κ2) is 11.7. The molecule has 194 valence electrons. The molecular formula is C28H32ClN5O3. The van der Waals surface area contributed by atoms with Crippen LogP contribution in [0.1, 0.15) is 18.4 Å². The van der Waals surface area contributed by atoms with Gasteiger partial charge in [0, 0.05) is 54.0 Å². The minimum Gasteiger partial charge on any atom is -0.481 e. The molecule has 0 unspecified atom stereocenters. The van der Waals surface area contributed by atoms with E-state index in [9.17, 15) is 0 Å². The van der Waals surface area contributed by atoms with Crippen molar-refractivity contribution in [3.8, 4) is 23.5 Å². The lowest BCUT2D eigenvalue weighted by Gasteiger charge is -2.36. The molecule has 0 radical (unpaired) electrons. The Morgan fingerprint density at radius 1 is 0.892 bits per heavy atom. The van der Waals surface area contributed by atoms with Gasteiger partial charge in [-0.2, -0.15) is 9.97 Å². The number of piperazine rings is 1. The number of aromatic nitrogens is 3. The van der Waals surface area contributed by atoms with E-state index in [0.29, 0.717) is 17.5 Å². The van der Waals surface area contributed by atoms with E-state index in [-0.39, 0.29) is 6.01 Å². The Balaban J connectivity index is 1.07. The Morgan fingerprint density at radius 2 is 1.62 bits per heavy atom. The first-order chi connectivity index (χ1) is 18.1. The first kappa shape index (κ1) is 25.2. The molecule has 0 bridgehead atoms. The van der Waals surface area contributed by atoms with Crippen molar-refractivity contribution < 1.29 is 14.2 Å². The van der Waals surface area contributed by atoms with Gasteiger partial charge >= 0.3 is 6.01 Å². The minimum atomic E-state index is 0.186. The number of methoxy groups -OCH3 is 2. The smallest absolute Gasteiger partial charge is 0.328 e. The summed E-state index contributed by atoms with van der Waals surface area (Å²) < 4.78 is 16.2. The van der Waals surface area contributed by atoms with Crippen LogP contribution in [-0.4, -0.2) is 66.8 Å². The van der Waals surface area contributed by atoms with Crippen molar-refractivity contribution in [1.82, 2.24) is 19.9 Å².